The van der Waals surface area contributed by atoms with Crippen LogP contribution in [0.15, 0.2) is 53.4 Å². The van der Waals surface area contributed by atoms with E-state index in [0.29, 0.717) is 0 Å². The van der Waals surface area contributed by atoms with Gasteiger partial charge in [0.1, 0.15) is 4.90 Å². The van der Waals surface area contributed by atoms with Gasteiger partial charge in [-0.25, -0.2) is 13.1 Å². The molecule has 2 aromatic carbocycles. The second kappa shape index (κ2) is 6.14. The number of rotatable bonds is 4. The van der Waals surface area contributed by atoms with Gasteiger partial charge in [-0.05, 0) is 24.6 Å². The van der Waals surface area contributed by atoms with E-state index >= 15 is 0 Å². The molecule has 0 fully saturated rings. The van der Waals surface area contributed by atoms with Gasteiger partial charge in [-0.3, -0.25) is 0 Å². The van der Waals surface area contributed by atoms with Gasteiger partial charge < -0.3 is 0 Å². The molecule has 2 aromatic rings. The maximum Gasteiger partial charge on any atom is 0.244 e. The lowest BCUT2D eigenvalue weighted by Crippen LogP contribution is -2.27. The molecule has 0 aliphatic rings. The minimum Gasteiger partial charge on any atom is -0.207 e. The predicted octanol–water partition coefficient (Wildman–Crippen LogP) is 4.03. The number of hydrogen-bond donors (Lipinski definition) is 1. The molecule has 106 valence electrons. The van der Waals surface area contributed by atoms with Crippen molar-refractivity contribution >= 4 is 33.2 Å². The average Bonchev–Trinajstić information content (AvgIpc) is 2.38. The molecule has 0 aliphatic carbocycles. The van der Waals surface area contributed by atoms with Crippen LogP contribution < -0.4 is 4.72 Å². The molecule has 0 saturated heterocycles. The SMILES string of the molecule is CC(NS(=O)(=O)c1c(Cl)cccc1Cl)c1ccccc1. The number of hydrogen-bond acceptors (Lipinski definition) is 2. The second-order valence-corrected chi connectivity index (χ2v) is 6.77. The molecule has 0 radical (unpaired) electrons. The number of halogens is 2. The minimum atomic E-state index is -3.78. The first-order valence-electron chi connectivity index (χ1n) is 5.93. The molecule has 0 aliphatic heterocycles. The standard InChI is InChI=1S/C14H13Cl2NO2S/c1-10(11-6-3-2-4-7-11)17-20(18,19)14-12(15)8-5-9-13(14)16/h2-10,17H,1H3. The van der Waals surface area contributed by atoms with Crippen molar-refractivity contribution in [2.45, 2.75) is 17.9 Å². The largest absolute Gasteiger partial charge is 0.244 e. The van der Waals surface area contributed by atoms with Gasteiger partial charge in [0, 0.05) is 6.04 Å². The normalized spacial score (nSPS) is 13.2. The third kappa shape index (κ3) is 3.33. The molecule has 0 bridgehead atoms. The molecule has 0 amide bonds. The van der Waals surface area contributed by atoms with E-state index < -0.39 is 10.0 Å². The Bertz CT molecular complexity index is 682. The van der Waals surface area contributed by atoms with Gasteiger partial charge in [-0.2, -0.15) is 0 Å². The molecule has 0 aromatic heterocycles. The van der Waals surface area contributed by atoms with E-state index in [2.05, 4.69) is 4.72 Å². The third-order valence-corrected chi connectivity index (χ3v) is 5.31. The van der Waals surface area contributed by atoms with Gasteiger partial charge in [0.15, 0.2) is 0 Å². The van der Waals surface area contributed by atoms with Gasteiger partial charge >= 0.3 is 0 Å². The summed E-state index contributed by atoms with van der Waals surface area (Å²) in [5, 5.41) is 0.204. The summed E-state index contributed by atoms with van der Waals surface area (Å²) in [5.41, 5.74) is 0.860. The van der Waals surface area contributed by atoms with Crippen molar-refractivity contribution in [1.82, 2.24) is 4.72 Å². The van der Waals surface area contributed by atoms with Gasteiger partial charge in [-0.1, -0.05) is 59.6 Å². The highest BCUT2D eigenvalue weighted by Gasteiger charge is 2.23. The third-order valence-electron chi connectivity index (χ3n) is 2.82. The summed E-state index contributed by atoms with van der Waals surface area (Å²) in [4.78, 5) is -0.0916. The van der Waals surface area contributed by atoms with E-state index in [4.69, 9.17) is 23.2 Å². The van der Waals surface area contributed by atoms with Gasteiger partial charge in [0.2, 0.25) is 10.0 Å². The number of nitrogens with one attached hydrogen (secondary N) is 1. The number of benzene rings is 2. The van der Waals surface area contributed by atoms with Gasteiger partial charge in [0.25, 0.3) is 0 Å². The Balaban J connectivity index is 2.33. The van der Waals surface area contributed by atoms with Crippen molar-refractivity contribution in [3.8, 4) is 0 Å². The van der Waals surface area contributed by atoms with Gasteiger partial charge in [0.05, 0.1) is 10.0 Å². The Labute approximate surface area is 128 Å². The summed E-state index contributed by atoms with van der Waals surface area (Å²) >= 11 is 11.9. The highest BCUT2D eigenvalue weighted by molar-refractivity contribution is 7.89. The van der Waals surface area contributed by atoms with E-state index in [0.717, 1.165) is 5.56 Å². The van der Waals surface area contributed by atoms with E-state index in [-0.39, 0.29) is 21.0 Å². The van der Waals surface area contributed by atoms with E-state index in [9.17, 15) is 8.42 Å². The summed E-state index contributed by atoms with van der Waals surface area (Å²) in [6, 6.07) is 13.5. The monoisotopic (exact) mass is 329 g/mol. The first-order valence-corrected chi connectivity index (χ1v) is 8.17. The molecule has 20 heavy (non-hydrogen) atoms. The lowest BCUT2D eigenvalue weighted by atomic mass is 10.1. The fourth-order valence-corrected chi connectivity index (χ4v) is 4.22. The first kappa shape index (κ1) is 15.3. The van der Waals surface area contributed by atoms with E-state index in [1.165, 1.54) is 12.1 Å². The smallest absolute Gasteiger partial charge is 0.207 e. The van der Waals surface area contributed by atoms with E-state index in [1.807, 2.05) is 30.3 Å². The lowest BCUT2D eigenvalue weighted by Gasteiger charge is -2.16. The van der Waals surface area contributed by atoms with Crippen LogP contribution in [0.2, 0.25) is 10.0 Å². The van der Waals surface area contributed by atoms with Crippen molar-refractivity contribution in [2.75, 3.05) is 0 Å². The molecule has 0 spiro atoms. The second-order valence-electron chi connectivity index (χ2n) is 4.30. The van der Waals surface area contributed by atoms with Crippen LogP contribution in [0.5, 0.6) is 0 Å². The van der Waals surface area contributed by atoms with Crippen LogP contribution in [0.1, 0.15) is 18.5 Å². The van der Waals surface area contributed by atoms with Crippen molar-refractivity contribution < 1.29 is 8.42 Å². The zero-order valence-electron chi connectivity index (χ0n) is 10.7. The molecule has 2 rings (SSSR count). The molecule has 1 unspecified atom stereocenters. The maximum atomic E-state index is 12.4. The van der Waals surface area contributed by atoms with Crippen LogP contribution >= 0.6 is 23.2 Å². The zero-order valence-corrected chi connectivity index (χ0v) is 13.0. The highest BCUT2D eigenvalue weighted by atomic mass is 35.5. The Morgan fingerprint density at radius 2 is 1.50 bits per heavy atom. The molecular weight excluding hydrogens is 317 g/mol. The quantitative estimate of drug-likeness (QED) is 0.920. The Morgan fingerprint density at radius 3 is 2.05 bits per heavy atom. The van der Waals surface area contributed by atoms with Crippen molar-refractivity contribution in [2.24, 2.45) is 0 Å². The fraction of sp³-hybridized carbons (Fsp3) is 0.143. The molecule has 0 saturated carbocycles. The van der Waals surface area contributed by atoms with Crippen molar-refractivity contribution in [3.63, 3.8) is 0 Å². The Kier molecular flexibility index (Phi) is 4.70. The van der Waals surface area contributed by atoms with Crippen molar-refractivity contribution in [3.05, 3.63) is 64.1 Å². The maximum absolute atomic E-state index is 12.4. The molecule has 1 atom stereocenters. The van der Waals surface area contributed by atoms with Crippen molar-refractivity contribution in [1.29, 1.82) is 0 Å². The molecule has 6 heteroatoms. The molecule has 3 nitrogen and oxygen atoms in total. The average molecular weight is 330 g/mol. The Hall–Kier alpha value is -1.07. The van der Waals surface area contributed by atoms with Crippen LogP contribution in [0, 0.1) is 0 Å². The summed E-state index contributed by atoms with van der Waals surface area (Å²) in [5.74, 6) is 0. The molecule has 0 heterocycles. The van der Waals surface area contributed by atoms with Crippen LogP contribution in [0.25, 0.3) is 0 Å². The van der Waals surface area contributed by atoms with E-state index in [1.54, 1.807) is 13.0 Å². The zero-order chi connectivity index (χ0) is 14.8. The predicted molar refractivity (Wildman–Crippen MR) is 81.6 cm³/mol. The van der Waals surface area contributed by atoms with Crippen LogP contribution in [0.4, 0.5) is 0 Å². The summed E-state index contributed by atoms with van der Waals surface area (Å²) in [7, 11) is -3.78. The molecule has 1 N–H and O–H groups in total. The summed E-state index contributed by atoms with van der Waals surface area (Å²) in [6.07, 6.45) is 0. The molecular formula is C14H13Cl2NO2S. The van der Waals surface area contributed by atoms with Crippen LogP contribution in [-0.2, 0) is 10.0 Å². The van der Waals surface area contributed by atoms with Gasteiger partial charge in [-0.15, -0.1) is 0 Å². The minimum absolute atomic E-state index is 0.0916. The number of sulfonamides is 1. The first-order chi connectivity index (χ1) is 9.42. The summed E-state index contributed by atoms with van der Waals surface area (Å²) in [6.45, 7) is 1.76. The Morgan fingerprint density at radius 1 is 0.950 bits per heavy atom. The summed E-state index contributed by atoms with van der Waals surface area (Å²) < 4.78 is 27.3. The fourth-order valence-electron chi connectivity index (χ4n) is 1.84. The highest BCUT2D eigenvalue weighted by Crippen LogP contribution is 2.29. The van der Waals surface area contributed by atoms with Crippen LogP contribution in [0.3, 0.4) is 0 Å². The lowest BCUT2D eigenvalue weighted by molar-refractivity contribution is 0.567. The van der Waals surface area contributed by atoms with Crippen LogP contribution in [-0.4, -0.2) is 8.42 Å². The topological polar surface area (TPSA) is 46.2 Å².